The van der Waals surface area contributed by atoms with Crippen LogP contribution in [-0.2, 0) is 14.3 Å². The van der Waals surface area contributed by atoms with E-state index in [9.17, 15) is 18.4 Å². The average Bonchev–Trinajstić information content (AvgIpc) is 2.62. The molecule has 1 fully saturated rings. The highest BCUT2D eigenvalue weighted by Crippen LogP contribution is 2.18. The second-order valence-electron chi connectivity index (χ2n) is 3.39. The predicted molar refractivity (Wildman–Crippen MR) is 47.4 cm³/mol. The summed E-state index contributed by atoms with van der Waals surface area (Å²) in [7, 11) is 0. The molecule has 1 atom stereocenters. The first-order valence-electron chi connectivity index (χ1n) is 4.74. The van der Waals surface area contributed by atoms with Crippen LogP contribution in [-0.4, -0.2) is 42.4 Å². The summed E-state index contributed by atoms with van der Waals surface area (Å²) in [6, 6.07) is -0.679. The lowest BCUT2D eigenvalue weighted by Crippen LogP contribution is -2.40. The van der Waals surface area contributed by atoms with Crippen molar-refractivity contribution in [1.29, 1.82) is 0 Å². The van der Waals surface area contributed by atoms with E-state index in [0.29, 0.717) is 19.4 Å². The van der Waals surface area contributed by atoms with Gasteiger partial charge in [-0.2, -0.15) is 0 Å². The zero-order valence-corrected chi connectivity index (χ0v) is 8.41. The van der Waals surface area contributed by atoms with E-state index >= 15 is 0 Å². The highest BCUT2D eigenvalue weighted by atomic mass is 19.3. The van der Waals surface area contributed by atoms with Gasteiger partial charge in [-0.05, 0) is 12.8 Å². The number of nitrogens with zero attached hydrogens (tertiary/aromatic N) is 1. The summed E-state index contributed by atoms with van der Waals surface area (Å²) in [5, 5.41) is 0. The molecule has 1 aliphatic heterocycles. The fraction of sp³-hybridized carbons (Fsp3) is 0.778. The van der Waals surface area contributed by atoms with Gasteiger partial charge in [0.15, 0.2) is 6.61 Å². The van der Waals surface area contributed by atoms with Crippen molar-refractivity contribution in [2.45, 2.75) is 32.2 Å². The molecule has 0 aromatic rings. The van der Waals surface area contributed by atoms with E-state index in [1.54, 1.807) is 0 Å². The molecule has 0 bridgehead atoms. The quantitative estimate of drug-likeness (QED) is 0.662. The normalized spacial score (nSPS) is 20.8. The molecule has 1 aliphatic rings. The Morgan fingerprint density at radius 1 is 1.53 bits per heavy atom. The molecule has 0 N–H and O–H groups in total. The number of alkyl halides is 2. The molecule has 0 aromatic heterocycles. The Bertz CT molecular complexity index is 258. The summed E-state index contributed by atoms with van der Waals surface area (Å²) in [5.41, 5.74) is 0. The molecule has 86 valence electrons. The molecule has 1 saturated heterocycles. The van der Waals surface area contributed by atoms with Crippen molar-refractivity contribution in [3.8, 4) is 0 Å². The topological polar surface area (TPSA) is 46.6 Å². The third kappa shape index (κ3) is 3.14. The lowest BCUT2D eigenvalue weighted by atomic mass is 10.2. The molecule has 0 unspecified atom stereocenters. The van der Waals surface area contributed by atoms with Gasteiger partial charge in [-0.1, -0.05) is 0 Å². The molecule has 0 aliphatic carbocycles. The van der Waals surface area contributed by atoms with Crippen LogP contribution in [0.3, 0.4) is 0 Å². The summed E-state index contributed by atoms with van der Waals surface area (Å²) in [4.78, 5) is 23.7. The first-order chi connectivity index (χ1) is 7.02. The molecule has 0 radical (unpaired) electrons. The van der Waals surface area contributed by atoms with Crippen molar-refractivity contribution in [2.24, 2.45) is 0 Å². The van der Waals surface area contributed by atoms with Gasteiger partial charge >= 0.3 is 5.97 Å². The highest BCUT2D eigenvalue weighted by Gasteiger charge is 2.33. The van der Waals surface area contributed by atoms with Gasteiger partial charge in [-0.25, -0.2) is 13.6 Å². The summed E-state index contributed by atoms with van der Waals surface area (Å²) < 4.78 is 27.9. The van der Waals surface area contributed by atoms with Gasteiger partial charge in [-0.3, -0.25) is 4.79 Å². The van der Waals surface area contributed by atoms with Crippen molar-refractivity contribution in [1.82, 2.24) is 4.90 Å². The van der Waals surface area contributed by atoms with Crippen LogP contribution >= 0.6 is 0 Å². The maximum atomic E-state index is 11.8. The number of hydrogen-bond donors (Lipinski definition) is 0. The summed E-state index contributed by atoms with van der Waals surface area (Å²) >= 11 is 0. The van der Waals surface area contributed by atoms with E-state index in [4.69, 9.17) is 0 Å². The number of halogens is 2. The van der Waals surface area contributed by atoms with Gasteiger partial charge in [0.05, 0.1) is 0 Å². The molecular weight excluding hydrogens is 208 g/mol. The molecular formula is C9H13F2NO3. The highest BCUT2D eigenvalue weighted by molar-refractivity contribution is 5.83. The molecule has 1 amide bonds. The third-order valence-electron chi connectivity index (χ3n) is 2.28. The first-order valence-corrected chi connectivity index (χ1v) is 4.74. The molecule has 0 spiro atoms. The zero-order valence-electron chi connectivity index (χ0n) is 8.41. The Morgan fingerprint density at radius 3 is 2.73 bits per heavy atom. The molecule has 4 nitrogen and oxygen atoms in total. The summed E-state index contributed by atoms with van der Waals surface area (Å²) in [5.74, 6) is -0.963. The smallest absolute Gasteiger partial charge is 0.329 e. The lowest BCUT2D eigenvalue weighted by molar-refractivity contribution is -0.156. The minimum atomic E-state index is -2.67. The second-order valence-corrected chi connectivity index (χ2v) is 3.39. The number of hydrogen-bond acceptors (Lipinski definition) is 3. The van der Waals surface area contributed by atoms with Crippen LogP contribution in [0.4, 0.5) is 8.78 Å². The van der Waals surface area contributed by atoms with Gasteiger partial charge in [0.2, 0.25) is 5.91 Å². The van der Waals surface area contributed by atoms with Crippen molar-refractivity contribution < 1.29 is 23.1 Å². The fourth-order valence-electron chi connectivity index (χ4n) is 1.63. The SMILES string of the molecule is CC(=O)N1CCC[C@H]1C(=O)OCC(F)F. The van der Waals surface area contributed by atoms with Crippen molar-refractivity contribution in [3.05, 3.63) is 0 Å². The van der Waals surface area contributed by atoms with Crippen LogP contribution < -0.4 is 0 Å². The molecule has 1 rings (SSSR count). The number of likely N-dealkylation sites (tertiary alicyclic amines) is 1. The van der Waals surface area contributed by atoms with E-state index in [-0.39, 0.29) is 5.91 Å². The van der Waals surface area contributed by atoms with E-state index in [1.807, 2.05) is 0 Å². The van der Waals surface area contributed by atoms with Crippen LogP contribution in [0.2, 0.25) is 0 Å². The standard InChI is InChI=1S/C9H13F2NO3/c1-6(13)12-4-2-3-7(12)9(14)15-5-8(10)11/h7-8H,2-5H2,1H3/t7-/m0/s1. The Labute approximate surface area is 86.2 Å². The molecule has 1 heterocycles. The van der Waals surface area contributed by atoms with Gasteiger partial charge in [0.1, 0.15) is 6.04 Å². The van der Waals surface area contributed by atoms with Gasteiger partial charge in [0, 0.05) is 13.5 Å². The van der Waals surface area contributed by atoms with Crippen molar-refractivity contribution in [2.75, 3.05) is 13.2 Å². The van der Waals surface area contributed by atoms with Crippen LogP contribution in [0.5, 0.6) is 0 Å². The van der Waals surface area contributed by atoms with E-state index in [1.165, 1.54) is 11.8 Å². The zero-order chi connectivity index (χ0) is 11.4. The first kappa shape index (κ1) is 11.9. The largest absolute Gasteiger partial charge is 0.458 e. The molecule has 15 heavy (non-hydrogen) atoms. The number of carbonyl (C=O) groups excluding carboxylic acids is 2. The van der Waals surface area contributed by atoms with Crippen LogP contribution in [0.25, 0.3) is 0 Å². The van der Waals surface area contributed by atoms with E-state index < -0.39 is 25.0 Å². The van der Waals surface area contributed by atoms with Crippen molar-refractivity contribution in [3.63, 3.8) is 0 Å². The van der Waals surface area contributed by atoms with Gasteiger partial charge in [0.25, 0.3) is 6.43 Å². The monoisotopic (exact) mass is 221 g/mol. The number of ether oxygens (including phenoxy) is 1. The van der Waals surface area contributed by atoms with Crippen LogP contribution in [0.1, 0.15) is 19.8 Å². The van der Waals surface area contributed by atoms with Crippen LogP contribution in [0.15, 0.2) is 0 Å². The van der Waals surface area contributed by atoms with Gasteiger partial charge < -0.3 is 9.64 Å². The van der Waals surface area contributed by atoms with E-state index in [0.717, 1.165) is 0 Å². The Balaban J connectivity index is 2.47. The van der Waals surface area contributed by atoms with Crippen LogP contribution in [0, 0.1) is 0 Å². The molecule has 0 aromatic carbocycles. The minimum absolute atomic E-state index is 0.230. The fourth-order valence-corrected chi connectivity index (χ4v) is 1.63. The number of esters is 1. The van der Waals surface area contributed by atoms with E-state index in [2.05, 4.69) is 4.74 Å². The maximum absolute atomic E-state index is 11.8. The Kier molecular flexibility index (Phi) is 3.99. The molecule has 6 heteroatoms. The Hall–Kier alpha value is -1.20. The second kappa shape index (κ2) is 5.04. The number of amides is 1. The molecule has 0 saturated carbocycles. The predicted octanol–water partition coefficient (Wildman–Crippen LogP) is 0.806. The maximum Gasteiger partial charge on any atom is 0.329 e. The van der Waals surface area contributed by atoms with Crippen molar-refractivity contribution >= 4 is 11.9 Å². The minimum Gasteiger partial charge on any atom is -0.458 e. The summed E-state index contributed by atoms with van der Waals surface area (Å²) in [6.45, 7) is 0.934. The number of carbonyl (C=O) groups is 2. The Morgan fingerprint density at radius 2 is 2.20 bits per heavy atom. The summed E-state index contributed by atoms with van der Waals surface area (Å²) in [6.07, 6.45) is -1.48. The number of rotatable bonds is 3. The van der Waals surface area contributed by atoms with Gasteiger partial charge in [-0.15, -0.1) is 0 Å². The third-order valence-corrected chi connectivity index (χ3v) is 2.28. The average molecular weight is 221 g/mol. The lowest BCUT2D eigenvalue weighted by Gasteiger charge is -2.21.